The molecule has 0 bridgehead atoms. The lowest BCUT2D eigenvalue weighted by molar-refractivity contribution is -0.358. The van der Waals surface area contributed by atoms with E-state index in [4.69, 9.17) is 9.47 Å². The maximum atomic E-state index is 13.7. The number of rotatable bonds is 8. The number of benzene rings is 1. The summed E-state index contributed by atoms with van der Waals surface area (Å²) in [6, 6.07) is 5.64. The zero-order valence-corrected chi connectivity index (χ0v) is 13.8. The Morgan fingerprint density at radius 3 is 2.04 bits per heavy atom. The highest BCUT2D eigenvalue weighted by Gasteiger charge is 2.73. The van der Waals surface area contributed by atoms with Crippen LogP contribution in [0.4, 0.5) is 30.7 Å². The van der Waals surface area contributed by atoms with Crippen molar-refractivity contribution in [3.05, 3.63) is 29.8 Å². The average Bonchev–Trinajstić information content (AvgIpc) is 2.52. The van der Waals surface area contributed by atoms with Gasteiger partial charge in [0.25, 0.3) is 0 Å². The highest BCUT2D eigenvalue weighted by molar-refractivity contribution is 5.35. The molecule has 1 rings (SSSR count). The molecule has 0 saturated heterocycles. The highest BCUT2D eigenvalue weighted by atomic mass is 19.4. The number of methoxy groups -OCH3 is 1. The highest BCUT2D eigenvalue weighted by Crippen LogP contribution is 2.50. The lowest BCUT2D eigenvalue weighted by atomic mass is 9.97. The summed E-state index contributed by atoms with van der Waals surface area (Å²) in [7, 11) is 0.951. The van der Waals surface area contributed by atoms with E-state index in [2.05, 4.69) is 0 Å². The molecule has 2 unspecified atom stereocenters. The molecule has 0 N–H and O–H groups in total. The molecule has 0 amide bonds. The summed E-state index contributed by atoms with van der Waals surface area (Å²) in [5, 5.41) is 0. The van der Waals surface area contributed by atoms with Gasteiger partial charge in [-0.2, -0.15) is 30.7 Å². The van der Waals surface area contributed by atoms with Crippen LogP contribution in [0.1, 0.15) is 38.4 Å². The Labute approximate surface area is 140 Å². The Morgan fingerprint density at radius 2 is 1.56 bits per heavy atom. The zero-order valence-electron chi connectivity index (χ0n) is 13.8. The fourth-order valence-electron chi connectivity index (χ4n) is 2.04. The molecule has 2 nitrogen and oxygen atoms in total. The molecule has 25 heavy (non-hydrogen) atoms. The molecule has 9 heteroatoms. The van der Waals surface area contributed by atoms with Gasteiger partial charge in [0, 0.05) is 19.1 Å². The van der Waals surface area contributed by atoms with Crippen LogP contribution in [-0.2, 0) is 4.74 Å². The van der Waals surface area contributed by atoms with Crippen LogP contribution in [0.3, 0.4) is 0 Å². The van der Waals surface area contributed by atoms with Crippen molar-refractivity contribution in [2.75, 3.05) is 7.11 Å². The molecule has 0 saturated carbocycles. The van der Waals surface area contributed by atoms with Gasteiger partial charge in [0.15, 0.2) is 0 Å². The largest absolute Gasteiger partial charge is 0.490 e. The van der Waals surface area contributed by atoms with E-state index < -0.39 is 30.5 Å². The standard InChI is InChI=1S/C16H19F7O2/c1-4-10(2)25-12-8-6-5-7-11(12)13(24-3)9-14(17,18)15(19,20)16(21,22)23/h5-8,10,13H,4,9H2,1-3H3. The van der Waals surface area contributed by atoms with E-state index in [1.807, 2.05) is 0 Å². The van der Waals surface area contributed by atoms with Crippen molar-refractivity contribution in [3.63, 3.8) is 0 Å². The maximum absolute atomic E-state index is 13.7. The summed E-state index contributed by atoms with van der Waals surface area (Å²) >= 11 is 0. The second-order valence-corrected chi connectivity index (χ2v) is 5.58. The third kappa shape index (κ3) is 4.77. The van der Waals surface area contributed by atoms with Gasteiger partial charge in [-0.15, -0.1) is 0 Å². The van der Waals surface area contributed by atoms with Crippen molar-refractivity contribution in [3.8, 4) is 5.75 Å². The van der Waals surface area contributed by atoms with Gasteiger partial charge >= 0.3 is 18.0 Å². The Morgan fingerprint density at radius 1 is 1.00 bits per heavy atom. The van der Waals surface area contributed by atoms with Crippen LogP contribution in [0.15, 0.2) is 24.3 Å². The number of halogens is 7. The van der Waals surface area contributed by atoms with Gasteiger partial charge in [-0.3, -0.25) is 0 Å². The minimum absolute atomic E-state index is 0.0250. The summed E-state index contributed by atoms with van der Waals surface area (Å²) in [6.45, 7) is 3.50. The van der Waals surface area contributed by atoms with E-state index in [9.17, 15) is 30.7 Å². The third-order valence-corrected chi connectivity index (χ3v) is 3.71. The second kappa shape index (κ2) is 7.80. The number of alkyl halides is 7. The van der Waals surface area contributed by atoms with E-state index in [1.165, 1.54) is 24.3 Å². The maximum Gasteiger partial charge on any atom is 0.459 e. The number of para-hydroxylation sites is 1. The SMILES string of the molecule is CCC(C)Oc1ccccc1C(CC(F)(F)C(F)(F)C(F)(F)F)OC. The number of hydrogen-bond donors (Lipinski definition) is 0. The van der Waals surface area contributed by atoms with E-state index in [0.717, 1.165) is 7.11 Å². The number of hydrogen-bond acceptors (Lipinski definition) is 2. The molecular formula is C16H19F7O2. The van der Waals surface area contributed by atoms with Gasteiger partial charge < -0.3 is 9.47 Å². The quantitative estimate of drug-likeness (QED) is 0.536. The van der Waals surface area contributed by atoms with Crippen molar-refractivity contribution in [2.24, 2.45) is 0 Å². The predicted octanol–water partition coefficient (Wildman–Crippen LogP) is 5.77. The van der Waals surface area contributed by atoms with Crippen LogP contribution < -0.4 is 4.74 Å². The normalized spacial score (nSPS) is 15.8. The van der Waals surface area contributed by atoms with Crippen LogP contribution >= 0.6 is 0 Å². The lowest BCUT2D eigenvalue weighted by Gasteiger charge is -2.31. The molecule has 0 aliphatic heterocycles. The topological polar surface area (TPSA) is 18.5 Å². The van der Waals surface area contributed by atoms with Crippen LogP contribution in [0.25, 0.3) is 0 Å². The fraction of sp³-hybridized carbons (Fsp3) is 0.625. The molecule has 0 aliphatic rings. The molecular weight excluding hydrogens is 357 g/mol. The van der Waals surface area contributed by atoms with Crippen LogP contribution in [0, 0.1) is 0 Å². The van der Waals surface area contributed by atoms with Crippen LogP contribution in [-0.4, -0.2) is 31.2 Å². The fourth-order valence-corrected chi connectivity index (χ4v) is 2.04. The van der Waals surface area contributed by atoms with Gasteiger partial charge in [-0.05, 0) is 19.4 Å². The molecule has 1 aromatic rings. The molecule has 0 fully saturated rings. The molecule has 0 aromatic heterocycles. The van der Waals surface area contributed by atoms with Crippen LogP contribution in [0.5, 0.6) is 5.75 Å². The van der Waals surface area contributed by atoms with E-state index in [1.54, 1.807) is 13.8 Å². The third-order valence-electron chi connectivity index (χ3n) is 3.71. The Bertz CT molecular complexity index is 558. The summed E-state index contributed by atoms with van der Waals surface area (Å²) < 4.78 is 101. The number of ether oxygens (including phenoxy) is 2. The van der Waals surface area contributed by atoms with E-state index in [-0.39, 0.29) is 17.4 Å². The van der Waals surface area contributed by atoms with Crippen molar-refractivity contribution >= 4 is 0 Å². The minimum atomic E-state index is -6.37. The molecule has 0 spiro atoms. The summed E-state index contributed by atoms with van der Waals surface area (Å²) in [5.41, 5.74) is -0.0250. The van der Waals surface area contributed by atoms with Crippen molar-refractivity contribution < 1.29 is 40.2 Å². The molecule has 2 atom stereocenters. The van der Waals surface area contributed by atoms with Crippen molar-refractivity contribution in [1.82, 2.24) is 0 Å². The lowest BCUT2D eigenvalue weighted by Crippen LogP contribution is -2.52. The average molecular weight is 376 g/mol. The molecule has 144 valence electrons. The first-order valence-electron chi connectivity index (χ1n) is 7.48. The van der Waals surface area contributed by atoms with Gasteiger partial charge in [-0.25, -0.2) is 0 Å². The predicted molar refractivity (Wildman–Crippen MR) is 77.1 cm³/mol. The van der Waals surface area contributed by atoms with E-state index >= 15 is 0 Å². The summed E-state index contributed by atoms with van der Waals surface area (Å²) in [5.74, 6) is -11.4. The molecule has 1 aromatic carbocycles. The van der Waals surface area contributed by atoms with Gasteiger partial charge in [-0.1, -0.05) is 25.1 Å². The summed E-state index contributed by atoms with van der Waals surface area (Å²) in [6.07, 6.45) is -9.66. The Hall–Kier alpha value is -1.51. The molecule has 0 radical (unpaired) electrons. The Kier molecular flexibility index (Phi) is 6.72. The first-order chi connectivity index (χ1) is 11.4. The van der Waals surface area contributed by atoms with E-state index in [0.29, 0.717) is 6.42 Å². The minimum Gasteiger partial charge on any atom is -0.490 e. The Balaban J connectivity index is 3.16. The monoisotopic (exact) mass is 376 g/mol. The molecule has 0 aliphatic carbocycles. The van der Waals surface area contributed by atoms with Gasteiger partial charge in [0.05, 0.1) is 12.2 Å². The van der Waals surface area contributed by atoms with Gasteiger partial charge in [0.2, 0.25) is 0 Å². The zero-order chi connectivity index (χ0) is 19.5. The summed E-state index contributed by atoms with van der Waals surface area (Å²) in [4.78, 5) is 0. The van der Waals surface area contributed by atoms with Gasteiger partial charge in [0.1, 0.15) is 5.75 Å². The van der Waals surface area contributed by atoms with Crippen molar-refractivity contribution in [1.29, 1.82) is 0 Å². The van der Waals surface area contributed by atoms with Crippen molar-refractivity contribution in [2.45, 2.75) is 56.9 Å². The van der Waals surface area contributed by atoms with Crippen LogP contribution in [0.2, 0.25) is 0 Å². The second-order valence-electron chi connectivity index (χ2n) is 5.58. The first kappa shape index (κ1) is 21.5. The first-order valence-corrected chi connectivity index (χ1v) is 7.48. The molecule has 0 heterocycles. The smallest absolute Gasteiger partial charge is 0.459 e.